The molecule has 0 aromatic carbocycles. The van der Waals surface area contributed by atoms with E-state index in [9.17, 15) is 0 Å². The van der Waals surface area contributed by atoms with Gasteiger partial charge in [0.15, 0.2) is 0 Å². The largest absolute Gasteiger partial charge is 0.384 e. The zero-order valence-corrected chi connectivity index (χ0v) is 13.5. The van der Waals surface area contributed by atoms with Crippen LogP contribution in [0.4, 0.5) is 11.6 Å². The van der Waals surface area contributed by atoms with E-state index in [-0.39, 0.29) is 5.92 Å². The molecule has 1 atom stereocenters. The van der Waals surface area contributed by atoms with E-state index in [1.165, 1.54) is 12.8 Å². The van der Waals surface area contributed by atoms with E-state index in [1.54, 1.807) is 7.11 Å². The van der Waals surface area contributed by atoms with E-state index >= 15 is 0 Å². The second kappa shape index (κ2) is 7.04. The number of nitrogen functional groups attached to an aromatic ring is 1. The van der Waals surface area contributed by atoms with Crippen molar-refractivity contribution in [3.63, 3.8) is 0 Å². The Morgan fingerprint density at radius 2 is 2.19 bits per heavy atom. The highest BCUT2D eigenvalue weighted by molar-refractivity contribution is 5.58. The van der Waals surface area contributed by atoms with Crippen molar-refractivity contribution in [3.8, 4) is 0 Å². The summed E-state index contributed by atoms with van der Waals surface area (Å²) in [6, 6.07) is 0. The van der Waals surface area contributed by atoms with Crippen molar-refractivity contribution in [1.29, 1.82) is 0 Å². The molecule has 2 heterocycles. The molecule has 0 radical (unpaired) electrons. The third kappa shape index (κ3) is 3.63. The molecule has 6 heteroatoms. The fraction of sp³-hybridized carbons (Fsp3) is 0.733. The molecule has 118 valence electrons. The normalized spacial score (nSPS) is 19.1. The maximum absolute atomic E-state index is 5.61. The number of nitrogens with zero attached hydrogens (tertiary/aromatic N) is 3. The molecule has 1 unspecified atom stereocenters. The topological polar surface area (TPSA) is 76.3 Å². The molecule has 1 fully saturated rings. The molecule has 2 rings (SSSR count). The van der Waals surface area contributed by atoms with Gasteiger partial charge in [0.1, 0.15) is 17.5 Å². The number of hydrogen-bond acceptors (Lipinski definition) is 6. The molecule has 6 nitrogen and oxygen atoms in total. The lowest BCUT2D eigenvalue weighted by Crippen LogP contribution is -2.38. The van der Waals surface area contributed by atoms with Crippen LogP contribution < -0.4 is 16.2 Å². The molecule has 0 saturated carbocycles. The van der Waals surface area contributed by atoms with Gasteiger partial charge in [-0.05, 0) is 25.7 Å². The number of ether oxygens (including phenoxy) is 1. The Morgan fingerprint density at radius 1 is 1.43 bits per heavy atom. The van der Waals surface area contributed by atoms with Gasteiger partial charge in [0.25, 0.3) is 0 Å². The molecule has 1 aliphatic heterocycles. The highest BCUT2D eigenvalue weighted by Crippen LogP contribution is 2.29. The van der Waals surface area contributed by atoms with Crippen LogP contribution in [0.3, 0.4) is 0 Å². The van der Waals surface area contributed by atoms with Crippen molar-refractivity contribution in [2.45, 2.75) is 39.5 Å². The van der Waals surface area contributed by atoms with Crippen LogP contribution in [0, 0.1) is 12.8 Å². The molecule has 1 aliphatic rings. The molecule has 1 aromatic rings. The van der Waals surface area contributed by atoms with Gasteiger partial charge in [-0.3, -0.25) is 0 Å². The lowest BCUT2D eigenvalue weighted by Gasteiger charge is -2.34. The predicted molar refractivity (Wildman–Crippen MR) is 85.5 cm³/mol. The first-order valence-corrected chi connectivity index (χ1v) is 7.65. The minimum Gasteiger partial charge on any atom is -0.384 e. The predicted octanol–water partition coefficient (Wildman–Crippen LogP) is 2.06. The van der Waals surface area contributed by atoms with Gasteiger partial charge >= 0.3 is 0 Å². The number of anilines is 2. The van der Waals surface area contributed by atoms with E-state index in [2.05, 4.69) is 29.2 Å². The van der Waals surface area contributed by atoms with Crippen LogP contribution in [0.2, 0.25) is 0 Å². The van der Waals surface area contributed by atoms with E-state index in [0.717, 1.165) is 42.7 Å². The van der Waals surface area contributed by atoms with Crippen LogP contribution in [-0.4, -0.2) is 36.8 Å². The molecule has 1 aromatic heterocycles. The van der Waals surface area contributed by atoms with E-state index in [4.69, 9.17) is 15.6 Å². The highest BCUT2D eigenvalue weighted by Gasteiger charge is 2.24. The Bertz CT molecular complexity index is 475. The Morgan fingerprint density at radius 3 is 2.81 bits per heavy atom. The zero-order valence-electron chi connectivity index (χ0n) is 13.5. The first kappa shape index (κ1) is 16.0. The summed E-state index contributed by atoms with van der Waals surface area (Å²) in [5, 5.41) is 0. The number of piperidine rings is 1. The highest BCUT2D eigenvalue weighted by atomic mass is 16.5. The summed E-state index contributed by atoms with van der Waals surface area (Å²) >= 11 is 0. The summed E-state index contributed by atoms with van der Waals surface area (Å²) < 4.78 is 5.31. The molecule has 0 spiro atoms. The van der Waals surface area contributed by atoms with E-state index in [1.807, 2.05) is 6.92 Å². The van der Waals surface area contributed by atoms with Gasteiger partial charge in [-0.25, -0.2) is 15.8 Å². The Hall–Kier alpha value is -1.40. The molecular weight excluding hydrogens is 266 g/mol. The van der Waals surface area contributed by atoms with E-state index < -0.39 is 0 Å². The summed E-state index contributed by atoms with van der Waals surface area (Å²) in [5.41, 5.74) is 3.72. The number of nitrogens with one attached hydrogen (secondary N) is 1. The summed E-state index contributed by atoms with van der Waals surface area (Å²) in [6.45, 7) is 9.03. The molecule has 1 saturated heterocycles. The van der Waals surface area contributed by atoms with Crippen LogP contribution in [0.25, 0.3) is 0 Å². The standard InChI is InChI=1S/C15H27N5O/c1-10(2)13-17-14(19-16)11(3)15(18-13)20-7-5-6-12(8-20)9-21-4/h10,12H,5-9,16H2,1-4H3,(H,17,18,19). The van der Waals surface area contributed by atoms with Gasteiger partial charge in [0.05, 0.1) is 6.61 Å². The van der Waals surface area contributed by atoms with Gasteiger partial charge in [0, 0.05) is 31.7 Å². The monoisotopic (exact) mass is 293 g/mol. The van der Waals surface area contributed by atoms with Gasteiger partial charge in [-0.1, -0.05) is 13.8 Å². The third-order valence-electron chi connectivity index (χ3n) is 4.01. The average Bonchev–Trinajstić information content (AvgIpc) is 2.48. The van der Waals surface area contributed by atoms with Gasteiger partial charge < -0.3 is 15.1 Å². The van der Waals surface area contributed by atoms with Gasteiger partial charge in [0.2, 0.25) is 0 Å². The zero-order chi connectivity index (χ0) is 15.4. The van der Waals surface area contributed by atoms with Crippen molar-refractivity contribution in [1.82, 2.24) is 9.97 Å². The Labute approximate surface area is 127 Å². The minimum atomic E-state index is 0.274. The average molecular weight is 293 g/mol. The molecular formula is C15H27N5O. The lowest BCUT2D eigenvalue weighted by atomic mass is 9.98. The maximum Gasteiger partial charge on any atom is 0.148 e. The van der Waals surface area contributed by atoms with Crippen LogP contribution in [0.15, 0.2) is 0 Å². The van der Waals surface area contributed by atoms with Crippen molar-refractivity contribution in [2.24, 2.45) is 11.8 Å². The summed E-state index contributed by atoms with van der Waals surface area (Å²) in [6.07, 6.45) is 2.38. The van der Waals surface area contributed by atoms with Crippen molar-refractivity contribution >= 4 is 11.6 Å². The molecule has 21 heavy (non-hydrogen) atoms. The summed E-state index contributed by atoms with van der Waals surface area (Å²) in [5.74, 6) is 9.01. The Balaban J connectivity index is 2.30. The number of hydrogen-bond donors (Lipinski definition) is 2. The molecule has 3 N–H and O–H groups in total. The second-order valence-corrected chi connectivity index (χ2v) is 6.09. The molecule has 0 bridgehead atoms. The van der Waals surface area contributed by atoms with Crippen molar-refractivity contribution < 1.29 is 4.74 Å². The van der Waals surface area contributed by atoms with Crippen LogP contribution in [-0.2, 0) is 4.74 Å². The number of nitrogens with two attached hydrogens (primary N) is 1. The fourth-order valence-corrected chi connectivity index (χ4v) is 2.86. The molecule has 0 aliphatic carbocycles. The van der Waals surface area contributed by atoms with Gasteiger partial charge in [-0.15, -0.1) is 0 Å². The number of methoxy groups -OCH3 is 1. The SMILES string of the molecule is COCC1CCCN(c2nc(C(C)C)nc(NN)c2C)C1. The fourth-order valence-electron chi connectivity index (χ4n) is 2.86. The number of aromatic nitrogens is 2. The number of hydrazine groups is 1. The number of rotatable bonds is 5. The van der Waals surface area contributed by atoms with Crippen LogP contribution in [0.5, 0.6) is 0 Å². The minimum absolute atomic E-state index is 0.274. The second-order valence-electron chi connectivity index (χ2n) is 6.09. The first-order valence-electron chi connectivity index (χ1n) is 7.65. The molecule has 0 amide bonds. The first-order chi connectivity index (χ1) is 10.1. The van der Waals surface area contributed by atoms with Crippen molar-refractivity contribution in [3.05, 3.63) is 11.4 Å². The maximum atomic E-state index is 5.61. The van der Waals surface area contributed by atoms with Crippen LogP contribution >= 0.6 is 0 Å². The Kier molecular flexibility index (Phi) is 5.36. The summed E-state index contributed by atoms with van der Waals surface area (Å²) in [4.78, 5) is 11.6. The van der Waals surface area contributed by atoms with Crippen molar-refractivity contribution in [2.75, 3.05) is 37.1 Å². The van der Waals surface area contributed by atoms with Gasteiger partial charge in [-0.2, -0.15) is 0 Å². The lowest BCUT2D eigenvalue weighted by molar-refractivity contribution is 0.143. The summed E-state index contributed by atoms with van der Waals surface area (Å²) in [7, 11) is 1.77. The smallest absolute Gasteiger partial charge is 0.148 e. The van der Waals surface area contributed by atoms with Crippen LogP contribution in [0.1, 0.15) is 44.0 Å². The third-order valence-corrected chi connectivity index (χ3v) is 4.01. The van der Waals surface area contributed by atoms with E-state index in [0.29, 0.717) is 5.92 Å². The quantitative estimate of drug-likeness (QED) is 0.639.